The Labute approximate surface area is 122 Å². The molecule has 0 bridgehead atoms. The summed E-state index contributed by atoms with van der Waals surface area (Å²) >= 11 is 10.8. The van der Waals surface area contributed by atoms with Crippen LogP contribution in [0.2, 0.25) is 5.02 Å². The van der Waals surface area contributed by atoms with Crippen LogP contribution >= 0.6 is 23.8 Å². The number of nitrogens with two attached hydrogens (primary N) is 1. The third-order valence-corrected chi connectivity index (χ3v) is 3.20. The van der Waals surface area contributed by atoms with E-state index >= 15 is 0 Å². The summed E-state index contributed by atoms with van der Waals surface area (Å²) in [5.41, 5.74) is 5.88. The van der Waals surface area contributed by atoms with Crippen LogP contribution in [-0.2, 0) is 4.79 Å². The molecule has 0 saturated carbocycles. The maximum Gasteiger partial charge on any atom is 0.234 e. The molecule has 1 atom stereocenters. The van der Waals surface area contributed by atoms with Gasteiger partial charge in [0, 0.05) is 12.1 Å². The van der Waals surface area contributed by atoms with E-state index in [9.17, 15) is 4.79 Å². The molecule has 0 fully saturated rings. The zero-order valence-corrected chi connectivity index (χ0v) is 12.4. The van der Waals surface area contributed by atoms with Gasteiger partial charge in [0.1, 0.15) is 11.5 Å². The number of hydrogen-bond acceptors (Lipinski definition) is 4. The second-order valence-corrected chi connectivity index (χ2v) is 4.68. The van der Waals surface area contributed by atoms with Gasteiger partial charge in [0.2, 0.25) is 5.91 Å². The Balaban J connectivity index is 3.06. The van der Waals surface area contributed by atoms with Gasteiger partial charge in [-0.25, -0.2) is 0 Å². The number of carbonyl (C=O) groups is 1. The molecule has 1 amide bonds. The maximum absolute atomic E-state index is 11.9. The van der Waals surface area contributed by atoms with Crippen molar-refractivity contribution in [3.8, 4) is 11.5 Å². The smallest absolute Gasteiger partial charge is 0.234 e. The molecule has 0 aliphatic rings. The minimum absolute atomic E-state index is 0.123. The number of carbonyl (C=O) groups excluding carboxylic acids is 1. The number of rotatable bonds is 5. The normalized spacial score (nSPS) is 11.6. The van der Waals surface area contributed by atoms with Crippen molar-refractivity contribution in [2.75, 3.05) is 19.5 Å². The third-order valence-electron chi connectivity index (χ3n) is 2.55. The van der Waals surface area contributed by atoms with Crippen LogP contribution < -0.4 is 20.5 Å². The fraction of sp³-hybridized carbons (Fsp3) is 0.333. The zero-order valence-electron chi connectivity index (χ0n) is 10.8. The minimum atomic E-state index is -0.582. The van der Waals surface area contributed by atoms with Crippen LogP contribution in [0.5, 0.6) is 11.5 Å². The Morgan fingerprint density at radius 3 is 2.42 bits per heavy atom. The minimum Gasteiger partial charge on any atom is -0.495 e. The van der Waals surface area contributed by atoms with E-state index in [2.05, 4.69) is 5.32 Å². The molecule has 0 aliphatic carbocycles. The van der Waals surface area contributed by atoms with E-state index in [0.717, 1.165) is 0 Å². The van der Waals surface area contributed by atoms with E-state index in [0.29, 0.717) is 22.2 Å². The van der Waals surface area contributed by atoms with E-state index in [1.165, 1.54) is 14.2 Å². The van der Waals surface area contributed by atoms with Crippen molar-refractivity contribution >= 4 is 40.4 Å². The third kappa shape index (κ3) is 3.71. The fourth-order valence-electron chi connectivity index (χ4n) is 1.33. The quantitative estimate of drug-likeness (QED) is 0.816. The molecule has 0 radical (unpaired) electrons. The molecule has 104 valence electrons. The maximum atomic E-state index is 11.9. The number of benzene rings is 1. The monoisotopic (exact) mass is 302 g/mol. The first-order chi connectivity index (χ1) is 8.90. The second kappa shape index (κ2) is 6.58. The van der Waals surface area contributed by atoms with Crippen molar-refractivity contribution < 1.29 is 14.3 Å². The molecule has 5 nitrogen and oxygen atoms in total. The van der Waals surface area contributed by atoms with Gasteiger partial charge in [-0.2, -0.15) is 0 Å². The van der Waals surface area contributed by atoms with Crippen molar-refractivity contribution in [3.63, 3.8) is 0 Å². The predicted molar refractivity (Wildman–Crippen MR) is 79.1 cm³/mol. The average molecular weight is 303 g/mol. The summed E-state index contributed by atoms with van der Waals surface area (Å²) in [6, 6.07) is 3.13. The van der Waals surface area contributed by atoms with Gasteiger partial charge >= 0.3 is 0 Å². The summed E-state index contributed by atoms with van der Waals surface area (Å²) in [6.45, 7) is 1.62. The van der Waals surface area contributed by atoms with Crippen molar-refractivity contribution in [1.29, 1.82) is 0 Å². The van der Waals surface area contributed by atoms with E-state index < -0.39 is 5.92 Å². The Bertz CT molecular complexity index is 508. The zero-order chi connectivity index (χ0) is 14.6. The van der Waals surface area contributed by atoms with E-state index in [1.807, 2.05) is 0 Å². The Hall–Kier alpha value is -1.53. The van der Waals surface area contributed by atoms with Crippen molar-refractivity contribution in [1.82, 2.24) is 0 Å². The lowest BCUT2D eigenvalue weighted by Crippen LogP contribution is -2.30. The highest BCUT2D eigenvalue weighted by Crippen LogP contribution is 2.35. The lowest BCUT2D eigenvalue weighted by atomic mass is 10.1. The number of thiocarbonyl (C=S) groups is 1. The van der Waals surface area contributed by atoms with Crippen LogP contribution in [0.3, 0.4) is 0 Å². The number of amides is 1. The van der Waals surface area contributed by atoms with Gasteiger partial charge in [0.15, 0.2) is 0 Å². The molecule has 1 unspecified atom stereocenters. The van der Waals surface area contributed by atoms with Gasteiger partial charge in [-0.3, -0.25) is 4.79 Å². The largest absolute Gasteiger partial charge is 0.495 e. The lowest BCUT2D eigenvalue weighted by molar-refractivity contribution is -0.117. The van der Waals surface area contributed by atoms with Gasteiger partial charge in [-0.15, -0.1) is 0 Å². The van der Waals surface area contributed by atoms with Crippen LogP contribution in [0.4, 0.5) is 5.69 Å². The number of nitrogens with one attached hydrogen (secondary N) is 1. The van der Waals surface area contributed by atoms with Gasteiger partial charge in [-0.05, 0) is 6.92 Å². The predicted octanol–water partition coefficient (Wildman–Crippen LogP) is 2.22. The topological polar surface area (TPSA) is 73.6 Å². The summed E-state index contributed by atoms with van der Waals surface area (Å²) in [5.74, 6) is -0.0495. The first kappa shape index (κ1) is 15.5. The molecule has 0 spiro atoms. The van der Waals surface area contributed by atoms with Crippen molar-refractivity contribution in [2.24, 2.45) is 11.7 Å². The SMILES string of the molecule is COc1cc(NC(=O)C(C)C(N)=S)c(OC)cc1Cl. The van der Waals surface area contributed by atoms with Gasteiger partial charge < -0.3 is 20.5 Å². The molecule has 19 heavy (non-hydrogen) atoms. The summed E-state index contributed by atoms with van der Waals surface area (Å²) < 4.78 is 10.2. The van der Waals surface area contributed by atoms with Crippen LogP contribution in [0, 0.1) is 5.92 Å². The molecule has 0 aliphatic heterocycles. The first-order valence-corrected chi connectivity index (χ1v) is 6.21. The average Bonchev–Trinajstić information content (AvgIpc) is 2.38. The first-order valence-electron chi connectivity index (χ1n) is 5.42. The standard InChI is InChI=1S/C12H15ClN2O3S/c1-6(11(14)19)12(16)15-8-5-9(17-2)7(13)4-10(8)18-3/h4-6H,1-3H3,(H2,14,19)(H,15,16). The Morgan fingerprint density at radius 1 is 1.37 bits per heavy atom. The summed E-state index contributed by atoms with van der Waals surface area (Å²) in [4.78, 5) is 12.0. The number of anilines is 1. The van der Waals surface area contributed by atoms with Crippen LogP contribution in [-0.4, -0.2) is 25.1 Å². The fourth-order valence-corrected chi connectivity index (χ4v) is 1.67. The molecular formula is C12H15ClN2O3S. The Kier molecular flexibility index (Phi) is 5.38. The Morgan fingerprint density at radius 2 is 1.95 bits per heavy atom. The summed E-state index contributed by atoms with van der Waals surface area (Å²) in [7, 11) is 2.96. The molecule has 1 aromatic carbocycles. The molecule has 7 heteroatoms. The van der Waals surface area contributed by atoms with E-state index in [4.69, 9.17) is 39.0 Å². The highest BCUT2D eigenvalue weighted by molar-refractivity contribution is 7.80. The van der Waals surface area contributed by atoms with Crippen molar-refractivity contribution in [2.45, 2.75) is 6.92 Å². The van der Waals surface area contributed by atoms with Gasteiger partial charge in [0.05, 0.1) is 35.8 Å². The molecule has 1 aromatic rings. The molecule has 0 heterocycles. The van der Waals surface area contributed by atoms with Gasteiger partial charge in [-0.1, -0.05) is 23.8 Å². The summed E-state index contributed by atoms with van der Waals surface area (Å²) in [6.07, 6.45) is 0. The molecule has 1 rings (SSSR count). The van der Waals surface area contributed by atoms with E-state index in [1.54, 1.807) is 19.1 Å². The molecule has 0 saturated heterocycles. The van der Waals surface area contributed by atoms with Gasteiger partial charge in [0.25, 0.3) is 0 Å². The van der Waals surface area contributed by atoms with E-state index in [-0.39, 0.29) is 10.9 Å². The van der Waals surface area contributed by atoms with Crippen LogP contribution in [0.15, 0.2) is 12.1 Å². The number of hydrogen-bond donors (Lipinski definition) is 2. The van der Waals surface area contributed by atoms with Crippen LogP contribution in [0.25, 0.3) is 0 Å². The van der Waals surface area contributed by atoms with Crippen LogP contribution in [0.1, 0.15) is 6.92 Å². The highest BCUT2D eigenvalue weighted by Gasteiger charge is 2.18. The second-order valence-electron chi connectivity index (χ2n) is 3.80. The number of ether oxygens (including phenoxy) is 2. The summed E-state index contributed by atoms with van der Waals surface area (Å²) in [5, 5.41) is 3.06. The highest BCUT2D eigenvalue weighted by atomic mass is 35.5. The molecular weight excluding hydrogens is 288 g/mol. The number of halogens is 1. The molecule has 0 aromatic heterocycles. The van der Waals surface area contributed by atoms with Crippen molar-refractivity contribution in [3.05, 3.63) is 17.2 Å². The lowest BCUT2D eigenvalue weighted by Gasteiger charge is -2.15. The molecule has 3 N–H and O–H groups in total. The number of methoxy groups -OCH3 is 2.